The Morgan fingerprint density at radius 3 is 2.67 bits per heavy atom. The highest BCUT2D eigenvalue weighted by atomic mass is 79.9. The van der Waals surface area contributed by atoms with E-state index in [1.165, 1.54) is 5.56 Å². The first kappa shape index (κ1) is 12.8. The molecule has 5 heteroatoms. The molecule has 0 saturated heterocycles. The van der Waals surface area contributed by atoms with Crippen LogP contribution < -0.4 is 11.1 Å². The number of hydrogen-bond acceptors (Lipinski definition) is 4. The molecule has 2 rings (SSSR count). The van der Waals surface area contributed by atoms with Gasteiger partial charge in [0.1, 0.15) is 17.5 Å². The minimum atomic E-state index is 0.482. The van der Waals surface area contributed by atoms with E-state index in [0.29, 0.717) is 5.82 Å². The third-order valence-corrected chi connectivity index (χ3v) is 2.88. The standard InChI is InChI=1S/C13H15BrN4/c1-3-12-17-11(15)7-13(18-12)16-10-5-8(2)4-9(14)6-10/h4-7H,3H2,1-2H3,(H3,15,16,17,18). The summed E-state index contributed by atoms with van der Waals surface area (Å²) in [6.45, 7) is 4.05. The number of nitrogens with zero attached hydrogens (tertiary/aromatic N) is 2. The van der Waals surface area contributed by atoms with Crippen LogP contribution in [0, 0.1) is 6.92 Å². The summed E-state index contributed by atoms with van der Waals surface area (Å²) in [4.78, 5) is 8.54. The number of nitrogen functional groups attached to an aromatic ring is 1. The molecule has 1 aromatic carbocycles. The molecule has 0 aliphatic rings. The highest BCUT2D eigenvalue weighted by Gasteiger charge is 2.03. The highest BCUT2D eigenvalue weighted by Crippen LogP contribution is 2.22. The van der Waals surface area contributed by atoms with Gasteiger partial charge in [-0.15, -0.1) is 0 Å². The Morgan fingerprint density at radius 1 is 1.22 bits per heavy atom. The van der Waals surface area contributed by atoms with Crippen LogP contribution in [0.15, 0.2) is 28.7 Å². The summed E-state index contributed by atoms with van der Waals surface area (Å²) in [7, 11) is 0. The lowest BCUT2D eigenvalue weighted by atomic mass is 10.2. The van der Waals surface area contributed by atoms with Crippen molar-refractivity contribution < 1.29 is 0 Å². The van der Waals surface area contributed by atoms with Gasteiger partial charge >= 0.3 is 0 Å². The minimum Gasteiger partial charge on any atom is -0.384 e. The summed E-state index contributed by atoms with van der Waals surface area (Å²) in [6, 6.07) is 7.83. The molecule has 18 heavy (non-hydrogen) atoms. The molecule has 0 spiro atoms. The maximum Gasteiger partial charge on any atom is 0.136 e. The molecule has 0 bridgehead atoms. The Balaban J connectivity index is 2.30. The predicted molar refractivity (Wildman–Crippen MR) is 78.0 cm³/mol. The third-order valence-electron chi connectivity index (χ3n) is 2.42. The minimum absolute atomic E-state index is 0.482. The van der Waals surface area contributed by atoms with Crippen molar-refractivity contribution in [3.63, 3.8) is 0 Å². The number of aryl methyl sites for hydroxylation is 2. The van der Waals surface area contributed by atoms with E-state index in [0.717, 1.165) is 28.2 Å². The summed E-state index contributed by atoms with van der Waals surface area (Å²) in [5.74, 6) is 1.94. The van der Waals surface area contributed by atoms with Crippen LogP contribution in [0.2, 0.25) is 0 Å². The fourth-order valence-corrected chi connectivity index (χ4v) is 2.30. The number of halogens is 1. The molecule has 0 amide bonds. The van der Waals surface area contributed by atoms with E-state index in [2.05, 4.69) is 43.3 Å². The Kier molecular flexibility index (Phi) is 3.81. The van der Waals surface area contributed by atoms with Crippen LogP contribution in [0.3, 0.4) is 0 Å². The number of rotatable bonds is 3. The van der Waals surface area contributed by atoms with Crippen molar-refractivity contribution in [2.24, 2.45) is 0 Å². The van der Waals surface area contributed by atoms with Crippen LogP contribution in [0.25, 0.3) is 0 Å². The summed E-state index contributed by atoms with van der Waals surface area (Å²) >= 11 is 3.47. The first-order valence-corrected chi connectivity index (χ1v) is 6.54. The van der Waals surface area contributed by atoms with Crippen LogP contribution in [0.4, 0.5) is 17.3 Å². The predicted octanol–water partition coefficient (Wildman–Crippen LogP) is 3.44. The Bertz CT molecular complexity index is 549. The van der Waals surface area contributed by atoms with Crippen molar-refractivity contribution in [1.29, 1.82) is 0 Å². The molecule has 0 fully saturated rings. The van der Waals surface area contributed by atoms with Gasteiger partial charge in [0.25, 0.3) is 0 Å². The highest BCUT2D eigenvalue weighted by molar-refractivity contribution is 9.10. The van der Waals surface area contributed by atoms with E-state index in [-0.39, 0.29) is 0 Å². The second-order valence-electron chi connectivity index (χ2n) is 4.09. The second kappa shape index (κ2) is 5.35. The van der Waals surface area contributed by atoms with Gasteiger partial charge in [-0.2, -0.15) is 0 Å². The molecule has 2 aromatic rings. The SMILES string of the molecule is CCc1nc(N)cc(Nc2cc(C)cc(Br)c2)n1. The molecule has 1 aromatic heterocycles. The van der Waals surface area contributed by atoms with Gasteiger partial charge in [-0.25, -0.2) is 9.97 Å². The fraction of sp³-hybridized carbons (Fsp3) is 0.231. The molecule has 4 nitrogen and oxygen atoms in total. The van der Waals surface area contributed by atoms with E-state index < -0.39 is 0 Å². The number of aromatic nitrogens is 2. The lowest BCUT2D eigenvalue weighted by molar-refractivity contribution is 0.948. The average Bonchev–Trinajstić information content (AvgIpc) is 2.26. The summed E-state index contributed by atoms with van der Waals surface area (Å²) < 4.78 is 1.03. The lowest BCUT2D eigenvalue weighted by Gasteiger charge is -2.09. The topological polar surface area (TPSA) is 63.8 Å². The number of nitrogens with two attached hydrogens (primary N) is 1. The van der Waals surface area contributed by atoms with Crippen LogP contribution in [0.5, 0.6) is 0 Å². The first-order valence-electron chi connectivity index (χ1n) is 5.74. The molecule has 0 atom stereocenters. The summed E-state index contributed by atoms with van der Waals surface area (Å²) in [6.07, 6.45) is 0.761. The van der Waals surface area contributed by atoms with Crippen molar-refractivity contribution >= 4 is 33.3 Å². The quantitative estimate of drug-likeness (QED) is 0.912. The lowest BCUT2D eigenvalue weighted by Crippen LogP contribution is -2.02. The van der Waals surface area contributed by atoms with Crippen molar-refractivity contribution in [1.82, 2.24) is 9.97 Å². The molecule has 0 saturated carbocycles. The number of benzene rings is 1. The van der Waals surface area contributed by atoms with Gasteiger partial charge in [0.15, 0.2) is 0 Å². The number of anilines is 3. The van der Waals surface area contributed by atoms with Gasteiger partial charge in [0, 0.05) is 22.6 Å². The maximum absolute atomic E-state index is 5.75. The van der Waals surface area contributed by atoms with E-state index >= 15 is 0 Å². The van der Waals surface area contributed by atoms with Crippen LogP contribution >= 0.6 is 15.9 Å². The molecule has 0 unspecified atom stereocenters. The molecule has 0 aliphatic carbocycles. The molecule has 0 aliphatic heterocycles. The van der Waals surface area contributed by atoms with Crippen LogP contribution in [-0.2, 0) is 6.42 Å². The van der Waals surface area contributed by atoms with Gasteiger partial charge in [-0.1, -0.05) is 22.9 Å². The van der Waals surface area contributed by atoms with Gasteiger partial charge < -0.3 is 11.1 Å². The third kappa shape index (κ3) is 3.20. The van der Waals surface area contributed by atoms with E-state index in [9.17, 15) is 0 Å². The summed E-state index contributed by atoms with van der Waals surface area (Å²) in [5, 5.41) is 3.24. The van der Waals surface area contributed by atoms with Crippen molar-refractivity contribution in [3.8, 4) is 0 Å². The summed E-state index contributed by atoms with van der Waals surface area (Å²) in [5.41, 5.74) is 7.89. The zero-order valence-corrected chi connectivity index (χ0v) is 12.0. The Hall–Kier alpha value is -1.62. The molecule has 94 valence electrons. The molecule has 1 heterocycles. The smallest absolute Gasteiger partial charge is 0.136 e. The zero-order chi connectivity index (χ0) is 13.1. The average molecular weight is 307 g/mol. The fourth-order valence-electron chi connectivity index (χ4n) is 1.70. The van der Waals surface area contributed by atoms with Gasteiger partial charge in [-0.05, 0) is 30.7 Å². The Labute approximate surface area is 115 Å². The van der Waals surface area contributed by atoms with E-state index in [4.69, 9.17) is 5.73 Å². The number of nitrogens with one attached hydrogen (secondary N) is 1. The van der Waals surface area contributed by atoms with Gasteiger partial charge in [0.2, 0.25) is 0 Å². The molecular weight excluding hydrogens is 292 g/mol. The normalized spacial score (nSPS) is 10.4. The first-order chi connectivity index (χ1) is 8.56. The Morgan fingerprint density at radius 2 is 2.00 bits per heavy atom. The van der Waals surface area contributed by atoms with Gasteiger partial charge in [0.05, 0.1) is 0 Å². The molecule has 3 N–H and O–H groups in total. The largest absolute Gasteiger partial charge is 0.384 e. The monoisotopic (exact) mass is 306 g/mol. The zero-order valence-electron chi connectivity index (χ0n) is 10.4. The van der Waals surface area contributed by atoms with Crippen molar-refractivity contribution in [2.75, 3.05) is 11.1 Å². The van der Waals surface area contributed by atoms with E-state index in [1.54, 1.807) is 6.07 Å². The van der Waals surface area contributed by atoms with Crippen molar-refractivity contribution in [2.45, 2.75) is 20.3 Å². The second-order valence-corrected chi connectivity index (χ2v) is 5.01. The van der Waals surface area contributed by atoms with Gasteiger partial charge in [-0.3, -0.25) is 0 Å². The van der Waals surface area contributed by atoms with Crippen molar-refractivity contribution in [3.05, 3.63) is 40.1 Å². The van der Waals surface area contributed by atoms with E-state index in [1.807, 2.05) is 19.9 Å². The molecule has 0 radical (unpaired) electrons. The maximum atomic E-state index is 5.75. The molecular formula is C13H15BrN4. The van der Waals surface area contributed by atoms with Crippen LogP contribution in [0.1, 0.15) is 18.3 Å². The van der Waals surface area contributed by atoms with Crippen LogP contribution in [-0.4, -0.2) is 9.97 Å². The number of hydrogen-bond donors (Lipinski definition) is 2.